The third-order valence-corrected chi connectivity index (χ3v) is 5.07. The highest BCUT2D eigenvalue weighted by molar-refractivity contribution is 7.46. The van der Waals surface area contributed by atoms with Crippen molar-refractivity contribution in [2.75, 3.05) is 23.4 Å². The predicted octanol–water partition coefficient (Wildman–Crippen LogP) is -1.34. The lowest BCUT2D eigenvalue weighted by molar-refractivity contribution is -0.132. The molecule has 16 heteroatoms. The van der Waals surface area contributed by atoms with Gasteiger partial charge in [-0.05, 0) is 23.8 Å². The average molecular weight is 485 g/mol. The van der Waals surface area contributed by atoms with E-state index in [1.807, 2.05) is 6.07 Å². The SMILES string of the molecule is Nc1ccc(N)c(CNc2ncnc3nc[nH]c23)c1.O=P(O)(O)OC[C@H]1OC(O)[C@H](O)[C@@H]1O. The minimum Gasteiger partial charge on any atom is -0.399 e. The molecule has 4 rings (SSSR count). The summed E-state index contributed by atoms with van der Waals surface area (Å²) >= 11 is 0. The van der Waals surface area contributed by atoms with Crippen LogP contribution in [0, 0.1) is 0 Å². The normalized spacial score (nSPS) is 22.7. The van der Waals surface area contributed by atoms with Gasteiger partial charge in [-0.25, -0.2) is 19.5 Å². The molecule has 3 aromatic rings. The number of anilines is 3. The van der Waals surface area contributed by atoms with Crippen LogP contribution in [0.25, 0.3) is 11.2 Å². The third-order valence-electron chi connectivity index (χ3n) is 4.58. The van der Waals surface area contributed by atoms with E-state index in [1.54, 1.807) is 18.5 Å². The molecule has 0 bridgehead atoms. The minimum atomic E-state index is -4.64. The molecular weight excluding hydrogens is 461 g/mol. The van der Waals surface area contributed by atoms with Gasteiger partial charge in [-0.1, -0.05) is 0 Å². The molecule has 11 N–H and O–H groups in total. The van der Waals surface area contributed by atoms with E-state index in [1.165, 1.54) is 6.33 Å². The van der Waals surface area contributed by atoms with Crippen molar-refractivity contribution in [2.24, 2.45) is 0 Å². The first kappa shape index (κ1) is 24.8. The molecular formula is C17H24N7O8P. The van der Waals surface area contributed by atoms with E-state index in [0.717, 1.165) is 11.1 Å². The number of nitrogens with zero attached hydrogens (tertiary/aromatic N) is 3. The number of phosphoric acid groups is 1. The Morgan fingerprint density at radius 1 is 1.15 bits per heavy atom. The number of ether oxygens (including phenoxy) is 1. The van der Waals surface area contributed by atoms with Gasteiger partial charge in [-0.2, -0.15) is 0 Å². The Morgan fingerprint density at radius 2 is 1.91 bits per heavy atom. The molecule has 1 aliphatic rings. The van der Waals surface area contributed by atoms with E-state index in [9.17, 15) is 4.57 Å². The number of fused-ring (bicyclic) bond motifs is 1. The minimum absolute atomic E-state index is 0.530. The number of aliphatic hydroxyl groups is 3. The second kappa shape index (κ2) is 10.4. The summed E-state index contributed by atoms with van der Waals surface area (Å²) in [6.07, 6.45) is -2.62. The van der Waals surface area contributed by atoms with Crippen LogP contribution in [0.4, 0.5) is 17.2 Å². The second-order valence-electron chi connectivity index (χ2n) is 6.97. The number of nitrogens with two attached hydrogens (primary N) is 2. The predicted molar refractivity (Wildman–Crippen MR) is 115 cm³/mol. The fourth-order valence-corrected chi connectivity index (χ4v) is 3.24. The maximum absolute atomic E-state index is 10.3. The first-order valence-electron chi connectivity index (χ1n) is 9.46. The largest absolute Gasteiger partial charge is 0.469 e. The summed E-state index contributed by atoms with van der Waals surface area (Å²) < 4.78 is 18.9. The number of aromatic nitrogens is 4. The molecule has 33 heavy (non-hydrogen) atoms. The highest BCUT2D eigenvalue weighted by atomic mass is 31.2. The maximum atomic E-state index is 10.3. The first-order chi connectivity index (χ1) is 15.5. The Kier molecular flexibility index (Phi) is 7.78. The van der Waals surface area contributed by atoms with E-state index in [2.05, 4.69) is 34.5 Å². The number of nitrogens with one attached hydrogen (secondary N) is 2. The third kappa shape index (κ3) is 6.56. The van der Waals surface area contributed by atoms with Crippen LogP contribution in [-0.2, 0) is 20.4 Å². The summed E-state index contributed by atoms with van der Waals surface area (Å²) in [4.78, 5) is 31.9. The maximum Gasteiger partial charge on any atom is 0.469 e. The van der Waals surface area contributed by atoms with E-state index in [0.29, 0.717) is 29.4 Å². The number of imidazole rings is 1. The molecule has 4 atom stereocenters. The van der Waals surface area contributed by atoms with Gasteiger partial charge in [0.25, 0.3) is 0 Å². The van der Waals surface area contributed by atoms with Crippen LogP contribution in [0.15, 0.2) is 30.9 Å². The van der Waals surface area contributed by atoms with Gasteiger partial charge in [0.2, 0.25) is 0 Å². The van der Waals surface area contributed by atoms with E-state index < -0.39 is 39.0 Å². The quantitative estimate of drug-likeness (QED) is 0.145. The van der Waals surface area contributed by atoms with Gasteiger partial charge >= 0.3 is 7.82 Å². The van der Waals surface area contributed by atoms with Gasteiger partial charge in [-0.15, -0.1) is 0 Å². The van der Waals surface area contributed by atoms with Gasteiger partial charge in [0.15, 0.2) is 17.8 Å². The second-order valence-corrected chi connectivity index (χ2v) is 8.21. The Morgan fingerprint density at radius 3 is 2.58 bits per heavy atom. The number of nitrogen functional groups attached to an aromatic ring is 2. The first-order valence-corrected chi connectivity index (χ1v) is 11.0. The highest BCUT2D eigenvalue weighted by Crippen LogP contribution is 2.37. The van der Waals surface area contributed by atoms with Crippen molar-refractivity contribution in [1.82, 2.24) is 19.9 Å². The van der Waals surface area contributed by atoms with Gasteiger partial charge < -0.3 is 51.6 Å². The number of phosphoric ester groups is 1. The number of benzene rings is 1. The molecule has 0 saturated carbocycles. The number of aliphatic hydroxyl groups excluding tert-OH is 3. The monoisotopic (exact) mass is 485 g/mol. The highest BCUT2D eigenvalue weighted by Gasteiger charge is 2.42. The van der Waals surface area contributed by atoms with Crippen LogP contribution in [0.5, 0.6) is 0 Å². The van der Waals surface area contributed by atoms with Crippen LogP contribution < -0.4 is 16.8 Å². The van der Waals surface area contributed by atoms with Crippen LogP contribution in [-0.4, -0.2) is 76.3 Å². The zero-order chi connectivity index (χ0) is 24.2. The van der Waals surface area contributed by atoms with E-state index in [-0.39, 0.29) is 0 Å². The van der Waals surface area contributed by atoms with E-state index in [4.69, 9.17) is 36.6 Å². The summed E-state index contributed by atoms with van der Waals surface area (Å²) in [7, 11) is -4.64. The van der Waals surface area contributed by atoms with Crippen LogP contribution in [0.3, 0.4) is 0 Å². The molecule has 1 aromatic carbocycles. The number of H-pyrrole nitrogens is 1. The lowest BCUT2D eigenvalue weighted by atomic mass is 10.1. The number of hydrogen-bond acceptors (Lipinski definition) is 12. The van der Waals surface area contributed by atoms with Crippen molar-refractivity contribution >= 4 is 36.2 Å². The molecule has 2 aromatic heterocycles. The Hall–Kier alpha value is -2.88. The number of rotatable bonds is 6. The fourth-order valence-electron chi connectivity index (χ4n) is 2.89. The Labute approximate surface area is 186 Å². The molecule has 1 unspecified atom stereocenters. The molecule has 0 amide bonds. The van der Waals surface area contributed by atoms with E-state index >= 15 is 0 Å². The van der Waals surface area contributed by atoms with Crippen molar-refractivity contribution in [1.29, 1.82) is 0 Å². The molecule has 0 aliphatic carbocycles. The topological polar surface area (TPSA) is 255 Å². The molecule has 0 spiro atoms. The molecule has 15 nitrogen and oxygen atoms in total. The van der Waals surface area contributed by atoms with Crippen molar-refractivity contribution in [3.63, 3.8) is 0 Å². The molecule has 0 radical (unpaired) electrons. The van der Waals surface area contributed by atoms with Crippen LogP contribution >= 0.6 is 7.82 Å². The van der Waals surface area contributed by atoms with Crippen molar-refractivity contribution in [2.45, 2.75) is 31.1 Å². The molecule has 180 valence electrons. The number of aromatic amines is 1. The van der Waals surface area contributed by atoms with Crippen LogP contribution in [0.1, 0.15) is 5.56 Å². The number of hydrogen-bond donors (Lipinski definition) is 9. The summed E-state index contributed by atoms with van der Waals surface area (Å²) in [5.74, 6) is 0.685. The zero-order valence-electron chi connectivity index (χ0n) is 17.0. The van der Waals surface area contributed by atoms with Gasteiger partial charge in [0.1, 0.15) is 30.2 Å². The summed E-state index contributed by atoms with van der Waals surface area (Å²) in [6, 6.07) is 5.41. The van der Waals surface area contributed by atoms with Crippen molar-refractivity contribution in [3.8, 4) is 0 Å². The summed E-state index contributed by atoms with van der Waals surface area (Å²) in [5.41, 5.74) is 15.3. The van der Waals surface area contributed by atoms with Crippen molar-refractivity contribution in [3.05, 3.63) is 36.4 Å². The summed E-state index contributed by atoms with van der Waals surface area (Å²) in [6.45, 7) is -0.0818. The van der Waals surface area contributed by atoms with Gasteiger partial charge in [-0.3, -0.25) is 4.52 Å². The van der Waals surface area contributed by atoms with Gasteiger partial charge in [0.05, 0.1) is 12.9 Å². The fraction of sp³-hybridized carbons (Fsp3) is 0.353. The van der Waals surface area contributed by atoms with Gasteiger partial charge in [0, 0.05) is 17.9 Å². The lowest BCUT2D eigenvalue weighted by Crippen LogP contribution is -2.34. The van der Waals surface area contributed by atoms with Crippen LogP contribution in [0.2, 0.25) is 0 Å². The molecule has 1 fully saturated rings. The molecule has 1 saturated heterocycles. The smallest absolute Gasteiger partial charge is 0.399 e. The Bertz CT molecular complexity index is 1130. The lowest BCUT2D eigenvalue weighted by Gasteiger charge is -2.14. The average Bonchev–Trinajstić information content (AvgIpc) is 3.34. The zero-order valence-corrected chi connectivity index (χ0v) is 17.9. The summed E-state index contributed by atoms with van der Waals surface area (Å²) in [5, 5.41) is 30.2. The molecule has 1 aliphatic heterocycles. The van der Waals surface area contributed by atoms with Crippen molar-refractivity contribution < 1.29 is 38.9 Å². The standard InChI is InChI=1S/C12H13N7.C5H11O8P/c13-8-1-2-9(14)7(3-8)4-15-11-10-12(17-5-16-10)19-6-18-11;6-3-2(1-12-14(9,10)11)13-5(8)4(3)7/h1-3,5-6H,4,13-14H2,(H2,15,16,17,18,19);2-8H,1H2,(H2,9,10,11)/t;2-,3-,4-,5?/m.1/s1. The molecule has 3 heterocycles. The Balaban J connectivity index is 0.000000196.